The molecule has 0 spiro atoms. The first-order valence-electron chi connectivity index (χ1n) is 6.92. The van der Waals surface area contributed by atoms with Crippen LogP contribution >= 0.6 is 22.6 Å². The molecule has 1 heterocycles. The average Bonchev–Trinajstić information content (AvgIpc) is 2.54. The zero-order chi connectivity index (χ0) is 14.6. The smallest absolute Gasteiger partial charge is 0.419 e. The third-order valence-corrected chi connectivity index (χ3v) is 3.52. The lowest BCUT2D eigenvalue weighted by molar-refractivity contribution is 0.0528. The minimum absolute atomic E-state index is 0.261. The molecule has 1 aromatic rings. The Labute approximate surface area is 129 Å². The largest absolute Gasteiger partial charge is 0.443 e. The first-order chi connectivity index (χ1) is 8.80. The molecule has 0 aromatic carbocycles. The number of hydrogen-bond donors (Lipinski definition) is 0. The molecule has 0 N–H and O–H groups in total. The Morgan fingerprint density at radius 3 is 2.32 bits per heavy atom. The van der Waals surface area contributed by atoms with E-state index < -0.39 is 5.60 Å². The van der Waals surface area contributed by atoms with Crippen molar-refractivity contribution in [1.29, 1.82) is 0 Å². The van der Waals surface area contributed by atoms with Crippen molar-refractivity contribution in [2.24, 2.45) is 0 Å². The van der Waals surface area contributed by atoms with Gasteiger partial charge in [-0.25, -0.2) is 9.36 Å². The monoisotopic (exact) mass is 377 g/mol. The lowest BCUT2D eigenvalue weighted by atomic mass is 10.1. The van der Waals surface area contributed by atoms with Crippen LogP contribution in [0.1, 0.15) is 58.7 Å². The van der Waals surface area contributed by atoms with E-state index in [4.69, 9.17) is 4.74 Å². The van der Waals surface area contributed by atoms with Crippen LogP contribution < -0.4 is 0 Å². The summed E-state index contributed by atoms with van der Waals surface area (Å²) in [5, 5.41) is 0. The van der Waals surface area contributed by atoms with Gasteiger partial charge in [-0.1, -0.05) is 26.7 Å². The second-order valence-corrected chi connectivity index (χ2v) is 6.86. The highest BCUT2D eigenvalue weighted by molar-refractivity contribution is 14.1. The van der Waals surface area contributed by atoms with Crippen LogP contribution in [0.5, 0.6) is 0 Å². The van der Waals surface area contributed by atoms with E-state index in [-0.39, 0.29) is 6.09 Å². The molecule has 1 rings (SSSR count). The van der Waals surface area contributed by atoms with Crippen LogP contribution in [0, 0.1) is 3.70 Å². The summed E-state index contributed by atoms with van der Waals surface area (Å²) in [4.78, 5) is 12.3. The summed E-state index contributed by atoms with van der Waals surface area (Å²) < 4.78 is 8.18. The summed E-state index contributed by atoms with van der Waals surface area (Å²) in [6.07, 6.45) is 3.78. The number of aryl methyl sites for hydroxylation is 1. The topological polar surface area (TPSA) is 31.2 Å². The van der Waals surface area contributed by atoms with E-state index in [0.29, 0.717) is 0 Å². The first kappa shape index (κ1) is 16.5. The fraction of sp³-hybridized carbons (Fsp3) is 0.667. The van der Waals surface area contributed by atoms with Gasteiger partial charge in [-0.2, -0.15) is 0 Å². The van der Waals surface area contributed by atoms with Crippen LogP contribution in [0.4, 0.5) is 4.79 Å². The molecule has 19 heavy (non-hydrogen) atoms. The molecule has 0 aliphatic heterocycles. The van der Waals surface area contributed by atoms with Crippen molar-refractivity contribution in [2.75, 3.05) is 0 Å². The summed E-state index contributed by atoms with van der Waals surface area (Å²) in [5.74, 6) is 0. The maximum Gasteiger partial charge on any atom is 0.419 e. The highest BCUT2D eigenvalue weighted by Gasteiger charge is 2.23. The summed E-state index contributed by atoms with van der Waals surface area (Å²) in [6.45, 7) is 9.98. The zero-order valence-corrected chi connectivity index (χ0v) is 14.7. The van der Waals surface area contributed by atoms with Crippen molar-refractivity contribution in [1.82, 2.24) is 4.57 Å². The third kappa shape index (κ3) is 4.51. The van der Waals surface area contributed by atoms with E-state index >= 15 is 0 Å². The number of rotatable bonds is 4. The van der Waals surface area contributed by atoms with E-state index in [9.17, 15) is 4.79 Å². The van der Waals surface area contributed by atoms with Crippen LogP contribution in [0.2, 0.25) is 0 Å². The fourth-order valence-corrected chi connectivity index (χ4v) is 2.93. The molecule has 0 aliphatic carbocycles. The summed E-state index contributed by atoms with van der Waals surface area (Å²) >= 11 is 2.22. The fourth-order valence-electron chi connectivity index (χ4n) is 2.06. The lowest BCUT2D eigenvalue weighted by Gasteiger charge is -2.21. The van der Waals surface area contributed by atoms with Gasteiger partial charge in [0.05, 0.1) is 3.70 Å². The predicted octanol–water partition coefficient (Wildman–Crippen LogP) is 4.78. The Morgan fingerprint density at radius 2 is 1.84 bits per heavy atom. The van der Waals surface area contributed by atoms with Crippen molar-refractivity contribution in [2.45, 2.75) is 65.9 Å². The first-order valence-corrected chi connectivity index (χ1v) is 8.00. The highest BCUT2D eigenvalue weighted by atomic mass is 127. The molecule has 108 valence electrons. The number of hydrogen-bond acceptors (Lipinski definition) is 2. The lowest BCUT2D eigenvalue weighted by Crippen LogP contribution is -2.28. The molecule has 0 amide bonds. The standard InChI is InChI=1S/C15H24INO2/c1-6-8-11-10-13(16)17(12(11)9-7-2)14(18)19-15(3,4)5/h10H,6-9H2,1-5H3. The Bertz CT molecular complexity index is 444. The minimum atomic E-state index is -0.459. The van der Waals surface area contributed by atoms with Crippen LogP contribution in [0.15, 0.2) is 6.07 Å². The second kappa shape index (κ2) is 6.77. The molecule has 0 aliphatic rings. The van der Waals surface area contributed by atoms with Gasteiger partial charge in [-0.05, 0) is 67.8 Å². The van der Waals surface area contributed by atoms with Crippen LogP contribution in [-0.4, -0.2) is 16.3 Å². The second-order valence-electron chi connectivity index (χ2n) is 5.75. The van der Waals surface area contributed by atoms with E-state index in [2.05, 4.69) is 42.5 Å². The van der Waals surface area contributed by atoms with Crippen LogP contribution in [0.25, 0.3) is 0 Å². The van der Waals surface area contributed by atoms with Gasteiger partial charge in [-0.15, -0.1) is 0 Å². The number of carbonyl (C=O) groups excluding carboxylic acids is 1. The third-order valence-electron chi connectivity index (χ3n) is 2.73. The maximum atomic E-state index is 12.3. The molecule has 1 aromatic heterocycles. The molecule has 0 bridgehead atoms. The summed E-state index contributed by atoms with van der Waals surface area (Å²) in [7, 11) is 0. The van der Waals surface area contributed by atoms with Gasteiger partial charge in [0.2, 0.25) is 0 Å². The molecule has 0 fully saturated rings. The van der Waals surface area contributed by atoms with Gasteiger partial charge >= 0.3 is 6.09 Å². The van der Waals surface area contributed by atoms with Crippen LogP contribution in [0.3, 0.4) is 0 Å². The zero-order valence-electron chi connectivity index (χ0n) is 12.5. The number of ether oxygens (including phenoxy) is 1. The van der Waals surface area contributed by atoms with Crippen molar-refractivity contribution >= 4 is 28.7 Å². The summed E-state index contributed by atoms with van der Waals surface area (Å²) in [6, 6.07) is 2.11. The molecule has 0 unspecified atom stereocenters. The van der Waals surface area contributed by atoms with Gasteiger partial charge < -0.3 is 4.74 Å². The number of aromatic nitrogens is 1. The van der Waals surface area contributed by atoms with E-state index in [1.54, 1.807) is 4.57 Å². The molecule has 4 heteroatoms. The predicted molar refractivity (Wildman–Crippen MR) is 86.8 cm³/mol. The van der Waals surface area contributed by atoms with Gasteiger partial charge in [0.25, 0.3) is 0 Å². The van der Waals surface area contributed by atoms with Crippen molar-refractivity contribution in [3.8, 4) is 0 Å². The molecule has 0 atom stereocenters. The van der Waals surface area contributed by atoms with Gasteiger partial charge in [0, 0.05) is 5.69 Å². The Morgan fingerprint density at radius 1 is 1.26 bits per heavy atom. The van der Waals surface area contributed by atoms with E-state index in [1.807, 2.05) is 20.8 Å². The summed E-state index contributed by atoms with van der Waals surface area (Å²) in [5.41, 5.74) is 1.93. The highest BCUT2D eigenvalue weighted by Crippen LogP contribution is 2.23. The normalized spacial score (nSPS) is 11.7. The van der Waals surface area contributed by atoms with Crippen molar-refractivity contribution < 1.29 is 9.53 Å². The maximum absolute atomic E-state index is 12.3. The Balaban J connectivity index is 3.14. The number of carbonyl (C=O) groups is 1. The number of halogens is 1. The SMILES string of the molecule is CCCc1cc(I)n(C(=O)OC(C)(C)C)c1CCC. The van der Waals surface area contributed by atoms with Gasteiger partial charge in [0.1, 0.15) is 5.60 Å². The average molecular weight is 377 g/mol. The van der Waals surface area contributed by atoms with Gasteiger partial charge in [-0.3, -0.25) is 0 Å². The molecule has 0 saturated carbocycles. The van der Waals surface area contributed by atoms with Crippen LogP contribution in [-0.2, 0) is 17.6 Å². The van der Waals surface area contributed by atoms with Crippen molar-refractivity contribution in [3.05, 3.63) is 21.0 Å². The molecular weight excluding hydrogens is 353 g/mol. The van der Waals surface area contributed by atoms with E-state index in [1.165, 1.54) is 5.56 Å². The number of nitrogens with zero attached hydrogens (tertiary/aromatic N) is 1. The molecule has 0 saturated heterocycles. The molecular formula is C15H24INO2. The quantitative estimate of drug-likeness (QED) is 0.707. The molecule has 3 nitrogen and oxygen atoms in total. The molecule has 0 radical (unpaired) electrons. The Kier molecular flexibility index (Phi) is 5.89. The van der Waals surface area contributed by atoms with E-state index in [0.717, 1.165) is 35.1 Å². The Hall–Kier alpha value is -0.520. The van der Waals surface area contributed by atoms with Gasteiger partial charge in [0.15, 0.2) is 0 Å². The minimum Gasteiger partial charge on any atom is -0.443 e. The van der Waals surface area contributed by atoms with Crippen molar-refractivity contribution in [3.63, 3.8) is 0 Å².